The zero-order valence-corrected chi connectivity index (χ0v) is 16.4. The van der Waals surface area contributed by atoms with Crippen molar-refractivity contribution in [3.63, 3.8) is 0 Å². The number of nitrogens with one attached hydrogen (secondary N) is 2. The molecule has 2 amide bonds. The Labute approximate surface area is 170 Å². The maximum Gasteiger partial charge on any atom is 0.416 e. The van der Waals surface area contributed by atoms with Crippen molar-refractivity contribution in [1.29, 1.82) is 0 Å². The standard InChI is InChI=1S/C20H19F3N2O3S/c1-2-8-28-16-5-4-13(20(21,22)23)11-14(16)25-19(27)12-3-6-17-15(10-12)24-18(26)7-9-29-17/h3-6,10-11H,2,7-9H2,1H3,(H,24,26)(H,25,27). The van der Waals surface area contributed by atoms with Crippen LogP contribution in [0.2, 0.25) is 0 Å². The molecular formula is C20H19F3N2O3S. The first-order chi connectivity index (χ1) is 13.8. The summed E-state index contributed by atoms with van der Waals surface area (Å²) in [5.74, 6) is 0.0398. The summed E-state index contributed by atoms with van der Waals surface area (Å²) in [6.07, 6.45) is -3.52. The van der Waals surface area contributed by atoms with Gasteiger partial charge in [0, 0.05) is 22.6 Å². The minimum atomic E-state index is -4.55. The van der Waals surface area contributed by atoms with Crippen molar-refractivity contribution in [1.82, 2.24) is 0 Å². The summed E-state index contributed by atoms with van der Waals surface area (Å²) in [5.41, 5.74) is -0.226. The quantitative estimate of drug-likeness (QED) is 0.694. The Kier molecular flexibility index (Phi) is 6.36. The van der Waals surface area contributed by atoms with Gasteiger partial charge in [-0.1, -0.05) is 6.92 Å². The van der Waals surface area contributed by atoms with Gasteiger partial charge in [0.1, 0.15) is 5.75 Å². The van der Waals surface area contributed by atoms with E-state index in [2.05, 4.69) is 10.6 Å². The number of alkyl halides is 3. The van der Waals surface area contributed by atoms with Gasteiger partial charge in [0.15, 0.2) is 0 Å². The number of anilines is 2. The van der Waals surface area contributed by atoms with E-state index in [1.54, 1.807) is 12.1 Å². The number of benzene rings is 2. The summed E-state index contributed by atoms with van der Waals surface area (Å²) in [6.45, 7) is 2.17. The lowest BCUT2D eigenvalue weighted by Crippen LogP contribution is -2.16. The van der Waals surface area contributed by atoms with E-state index in [9.17, 15) is 22.8 Å². The van der Waals surface area contributed by atoms with Crippen molar-refractivity contribution in [2.24, 2.45) is 0 Å². The topological polar surface area (TPSA) is 67.4 Å². The van der Waals surface area contributed by atoms with E-state index in [1.807, 2.05) is 6.92 Å². The lowest BCUT2D eigenvalue weighted by atomic mass is 10.1. The van der Waals surface area contributed by atoms with Crippen LogP contribution >= 0.6 is 11.8 Å². The molecule has 1 heterocycles. The van der Waals surface area contributed by atoms with Gasteiger partial charge in [0.05, 0.1) is 23.5 Å². The molecule has 154 valence electrons. The Morgan fingerprint density at radius 1 is 1.24 bits per heavy atom. The van der Waals surface area contributed by atoms with E-state index in [0.29, 0.717) is 30.9 Å². The van der Waals surface area contributed by atoms with Crippen molar-refractivity contribution < 1.29 is 27.5 Å². The van der Waals surface area contributed by atoms with Crippen molar-refractivity contribution in [2.75, 3.05) is 23.0 Å². The molecule has 0 unspecified atom stereocenters. The second kappa shape index (κ2) is 8.77. The fourth-order valence-electron chi connectivity index (χ4n) is 2.70. The molecule has 2 N–H and O–H groups in total. The highest BCUT2D eigenvalue weighted by molar-refractivity contribution is 7.99. The van der Waals surface area contributed by atoms with E-state index in [-0.39, 0.29) is 22.9 Å². The number of thioether (sulfide) groups is 1. The Morgan fingerprint density at radius 2 is 2.03 bits per heavy atom. The molecule has 0 saturated heterocycles. The van der Waals surface area contributed by atoms with Crippen LogP contribution in [0.25, 0.3) is 0 Å². The molecule has 0 aliphatic carbocycles. The molecule has 0 radical (unpaired) electrons. The number of ether oxygens (including phenoxy) is 1. The molecule has 29 heavy (non-hydrogen) atoms. The number of hydrogen-bond donors (Lipinski definition) is 2. The van der Waals surface area contributed by atoms with Gasteiger partial charge in [-0.15, -0.1) is 11.8 Å². The largest absolute Gasteiger partial charge is 0.491 e. The Bertz CT molecular complexity index is 932. The third kappa shape index (κ3) is 5.23. The average molecular weight is 424 g/mol. The summed E-state index contributed by atoms with van der Waals surface area (Å²) in [7, 11) is 0. The van der Waals surface area contributed by atoms with Crippen LogP contribution in [0.5, 0.6) is 5.75 Å². The van der Waals surface area contributed by atoms with Crippen LogP contribution in [0.1, 0.15) is 35.7 Å². The number of carbonyl (C=O) groups is 2. The molecule has 2 aromatic carbocycles. The van der Waals surface area contributed by atoms with Gasteiger partial charge in [-0.05, 0) is 42.8 Å². The summed E-state index contributed by atoms with van der Waals surface area (Å²) in [6, 6.07) is 7.75. The van der Waals surface area contributed by atoms with Gasteiger partial charge >= 0.3 is 6.18 Å². The first kappa shape index (κ1) is 21.0. The highest BCUT2D eigenvalue weighted by Gasteiger charge is 2.31. The molecule has 9 heteroatoms. The van der Waals surface area contributed by atoms with Crippen molar-refractivity contribution in [3.8, 4) is 5.75 Å². The van der Waals surface area contributed by atoms with Crippen LogP contribution in [0.15, 0.2) is 41.3 Å². The number of carbonyl (C=O) groups excluding carboxylic acids is 2. The predicted octanol–water partition coefficient (Wildman–Crippen LogP) is 5.18. The van der Waals surface area contributed by atoms with Crippen LogP contribution in [0, 0.1) is 0 Å². The maximum atomic E-state index is 13.1. The summed E-state index contributed by atoms with van der Waals surface area (Å²) in [5, 5.41) is 5.24. The fourth-order valence-corrected chi connectivity index (χ4v) is 3.63. The molecule has 1 aliphatic rings. The minimum Gasteiger partial charge on any atom is -0.491 e. The van der Waals surface area contributed by atoms with Gasteiger partial charge in [-0.2, -0.15) is 13.2 Å². The average Bonchev–Trinajstić information content (AvgIpc) is 2.85. The monoisotopic (exact) mass is 424 g/mol. The number of rotatable bonds is 5. The summed E-state index contributed by atoms with van der Waals surface area (Å²) < 4.78 is 44.7. The summed E-state index contributed by atoms with van der Waals surface area (Å²) in [4.78, 5) is 25.3. The number of amides is 2. The highest BCUT2D eigenvalue weighted by Crippen LogP contribution is 2.36. The van der Waals surface area contributed by atoms with Crippen LogP contribution in [0.3, 0.4) is 0 Å². The molecule has 0 saturated carbocycles. The molecule has 0 spiro atoms. The molecule has 1 aliphatic heterocycles. The van der Waals surface area contributed by atoms with Gasteiger partial charge < -0.3 is 15.4 Å². The van der Waals surface area contributed by atoms with Crippen LogP contribution in [-0.2, 0) is 11.0 Å². The number of halogens is 3. The molecule has 0 bridgehead atoms. The molecule has 3 rings (SSSR count). The lowest BCUT2D eigenvalue weighted by Gasteiger charge is -2.15. The zero-order chi connectivity index (χ0) is 21.0. The van der Waals surface area contributed by atoms with Crippen molar-refractivity contribution in [2.45, 2.75) is 30.8 Å². The van der Waals surface area contributed by atoms with E-state index in [0.717, 1.165) is 17.0 Å². The maximum absolute atomic E-state index is 13.1. The van der Waals surface area contributed by atoms with Gasteiger partial charge in [-0.3, -0.25) is 9.59 Å². The Balaban J connectivity index is 1.88. The van der Waals surface area contributed by atoms with Crippen molar-refractivity contribution in [3.05, 3.63) is 47.5 Å². The first-order valence-corrected chi connectivity index (χ1v) is 9.98. The lowest BCUT2D eigenvalue weighted by molar-refractivity contribution is -0.137. The fraction of sp³-hybridized carbons (Fsp3) is 0.300. The smallest absolute Gasteiger partial charge is 0.416 e. The molecule has 0 fully saturated rings. The number of fused-ring (bicyclic) bond motifs is 1. The molecule has 0 aromatic heterocycles. The van der Waals surface area contributed by atoms with Crippen LogP contribution < -0.4 is 15.4 Å². The normalized spacial score (nSPS) is 13.9. The summed E-state index contributed by atoms with van der Waals surface area (Å²) >= 11 is 1.49. The SMILES string of the molecule is CCCOc1ccc(C(F)(F)F)cc1NC(=O)c1ccc2c(c1)NC(=O)CCS2. The second-order valence-electron chi connectivity index (χ2n) is 6.37. The van der Waals surface area contributed by atoms with Crippen LogP contribution in [-0.4, -0.2) is 24.2 Å². The second-order valence-corrected chi connectivity index (χ2v) is 7.51. The third-order valence-corrected chi connectivity index (χ3v) is 5.19. The van der Waals surface area contributed by atoms with Crippen LogP contribution in [0.4, 0.5) is 24.5 Å². The molecular weight excluding hydrogens is 405 g/mol. The zero-order valence-electron chi connectivity index (χ0n) is 15.6. The van der Waals surface area contributed by atoms with Gasteiger partial charge in [0.25, 0.3) is 5.91 Å². The van der Waals surface area contributed by atoms with Crippen molar-refractivity contribution >= 4 is 35.0 Å². The highest BCUT2D eigenvalue weighted by atomic mass is 32.2. The van der Waals surface area contributed by atoms with Gasteiger partial charge in [-0.25, -0.2) is 0 Å². The third-order valence-electron chi connectivity index (χ3n) is 4.12. The Hall–Kier alpha value is -2.68. The molecule has 0 atom stereocenters. The van der Waals surface area contributed by atoms with Gasteiger partial charge in [0.2, 0.25) is 5.91 Å². The van der Waals surface area contributed by atoms with E-state index in [1.165, 1.54) is 23.9 Å². The molecule has 5 nitrogen and oxygen atoms in total. The Morgan fingerprint density at radius 3 is 2.76 bits per heavy atom. The minimum absolute atomic E-state index is 0.0633. The number of hydrogen-bond acceptors (Lipinski definition) is 4. The predicted molar refractivity (Wildman–Crippen MR) is 106 cm³/mol. The van der Waals surface area contributed by atoms with E-state index < -0.39 is 17.6 Å². The molecule has 2 aromatic rings. The van der Waals surface area contributed by atoms with E-state index in [4.69, 9.17) is 4.74 Å². The first-order valence-electron chi connectivity index (χ1n) is 9.00. The van der Waals surface area contributed by atoms with E-state index >= 15 is 0 Å².